The number of benzene rings is 3. The number of fused-ring (bicyclic) bond motifs is 1. The molecule has 4 heteroatoms. The Kier molecular flexibility index (Phi) is 12.2. The van der Waals surface area contributed by atoms with Gasteiger partial charge in [-0.1, -0.05) is 114 Å². The van der Waals surface area contributed by atoms with E-state index in [1.54, 1.807) is 0 Å². The van der Waals surface area contributed by atoms with E-state index in [2.05, 4.69) is 71.1 Å². The van der Waals surface area contributed by atoms with Crippen LogP contribution in [-0.4, -0.2) is 23.5 Å². The van der Waals surface area contributed by atoms with E-state index < -0.39 is 0 Å². The van der Waals surface area contributed by atoms with Gasteiger partial charge in [0.15, 0.2) is 0 Å². The van der Waals surface area contributed by atoms with E-state index >= 15 is 0 Å². The minimum absolute atomic E-state index is 0.0442. The Morgan fingerprint density at radius 1 is 0.872 bits per heavy atom. The Hall–Kier alpha value is -3.50. The highest BCUT2D eigenvalue weighted by Gasteiger charge is 2.30. The molecule has 1 aromatic heterocycles. The van der Waals surface area contributed by atoms with Crippen molar-refractivity contribution in [1.82, 2.24) is 15.6 Å². The van der Waals surface area contributed by atoms with E-state index in [-0.39, 0.29) is 18.0 Å². The summed E-state index contributed by atoms with van der Waals surface area (Å²) in [5.41, 5.74) is 5.46. The van der Waals surface area contributed by atoms with Crippen LogP contribution >= 0.6 is 0 Å². The van der Waals surface area contributed by atoms with Crippen molar-refractivity contribution < 1.29 is 4.79 Å². The molecule has 3 aromatic carbocycles. The highest BCUT2D eigenvalue weighted by molar-refractivity contribution is 5.84. The molecule has 0 saturated carbocycles. The fourth-order valence-corrected chi connectivity index (χ4v) is 5.21. The Balaban J connectivity index is 0.00000100. The number of nitrogens with one attached hydrogen (secondary N) is 2. The first-order valence-corrected chi connectivity index (χ1v) is 14.7. The number of carbonyl (C=O) groups excluding carboxylic acids is 1. The number of para-hydroxylation sites is 1. The first-order chi connectivity index (χ1) is 19.2. The highest BCUT2D eigenvalue weighted by atomic mass is 16.1. The van der Waals surface area contributed by atoms with E-state index in [0.29, 0.717) is 12.3 Å². The fourth-order valence-electron chi connectivity index (χ4n) is 5.21. The van der Waals surface area contributed by atoms with Crippen LogP contribution in [0, 0.1) is 5.92 Å². The summed E-state index contributed by atoms with van der Waals surface area (Å²) in [6, 6.07) is 29.0. The van der Waals surface area contributed by atoms with Gasteiger partial charge in [0.2, 0.25) is 5.91 Å². The second-order valence-corrected chi connectivity index (χ2v) is 9.57. The maximum atomic E-state index is 13.3. The second-order valence-electron chi connectivity index (χ2n) is 9.57. The number of carbonyl (C=O) groups is 1. The van der Waals surface area contributed by atoms with Gasteiger partial charge in [0.1, 0.15) is 0 Å². The molecule has 1 saturated heterocycles. The third-order valence-electron chi connectivity index (χ3n) is 7.29. The van der Waals surface area contributed by atoms with Gasteiger partial charge >= 0.3 is 0 Å². The quantitative estimate of drug-likeness (QED) is 0.257. The van der Waals surface area contributed by atoms with Crippen molar-refractivity contribution in [2.24, 2.45) is 5.92 Å². The normalized spacial score (nSPS) is 17.2. The Morgan fingerprint density at radius 2 is 1.54 bits per heavy atom. The number of nitrogens with zero attached hydrogens (tertiary/aromatic N) is 1. The summed E-state index contributed by atoms with van der Waals surface area (Å²) in [5, 5.41) is 8.24. The molecule has 1 aliphatic rings. The SMILES string of the molecule is CC.CC.CCC1CCC(C(NC(=O)Cc2ccc(-c3ccccc3)cc2)c2ccnc3ccccc23)NC1. The van der Waals surface area contributed by atoms with E-state index in [1.807, 2.05) is 70.3 Å². The molecule has 0 aliphatic carbocycles. The number of rotatable bonds is 7. The average Bonchev–Trinajstić information content (AvgIpc) is 3.02. The third-order valence-corrected chi connectivity index (χ3v) is 7.29. The summed E-state index contributed by atoms with van der Waals surface area (Å²) in [6.07, 6.45) is 5.64. The zero-order chi connectivity index (χ0) is 28.0. The van der Waals surface area contributed by atoms with Crippen LogP contribution in [-0.2, 0) is 11.2 Å². The molecule has 206 valence electrons. The van der Waals surface area contributed by atoms with E-state index in [1.165, 1.54) is 18.4 Å². The van der Waals surface area contributed by atoms with Gasteiger partial charge < -0.3 is 10.6 Å². The molecular weight excluding hydrogens is 478 g/mol. The highest BCUT2D eigenvalue weighted by Crippen LogP contribution is 2.30. The Morgan fingerprint density at radius 3 is 2.21 bits per heavy atom. The van der Waals surface area contributed by atoms with Crippen LogP contribution in [0.15, 0.2) is 91.1 Å². The maximum absolute atomic E-state index is 13.3. The Bertz CT molecular complexity index is 1260. The molecule has 4 aromatic rings. The Labute approximate surface area is 235 Å². The summed E-state index contributed by atoms with van der Waals surface area (Å²) in [7, 11) is 0. The van der Waals surface area contributed by atoms with Crippen molar-refractivity contribution in [3.8, 4) is 11.1 Å². The zero-order valence-corrected chi connectivity index (χ0v) is 24.3. The topological polar surface area (TPSA) is 54.0 Å². The molecule has 4 nitrogen and oxygen atoms in total. The van der Waals surface area contributed by atoms with Crippen molar-refractivity contribution in [2.45, 2.75) is 72.4 Å². The lowest BCUT2D eigenvalue weighted by Crippen LogP contribution is -2.48. The molecule has 3 unspecified atom stereocenters. The largest absolute Gasteiger partial charge is 0.347 e. The molecular formula is C35H45N3O. The lowest BCUT2D eigenvalue weighted by atomic mass is 9.86. The van der Waals surface area contributed by atoms with E-state index in [0.717, 1.165) is 40.6 Å². The number of aromatic nitrogens is 1. The minimum Gasteiger partial charge on any atom is -0.347 e. The molecule has 1 fully saturated rings. The van der Waals surface area contributed by atoms with Gasteiger partial charge in [-0.2, -0.15) is 0 Å². The number of amides is 1. The summed E-state index contributed by atoms with van der Waals surface area (Å²) >= 11 is 0. The number of piperidine rings is 1. The van der Waals surface area contributed by atoms with Crippen LogP contribution in [0.25, 0.3) is 22.0 Å². The van der Waals surface area contributed by atoms with Gasteiger partial charge in [0, 0.05) is 17.6 Å². The number of hydrogen-bond acceptors (Lipinski definition) is 3. The minimum atomic E-state index is -0.100. The average molecular weight is 524 g/mol. The predicted octanol–water partition coefficient (Wildman–Crippen LogP) is 8.13. The molecule has 1 amide bonds. The number of hydrogen-bond donors (Lipinski definition) is 2. The van der Waals surface area contributed by atoms with Crippen LogP contribution < -0.4 is 10.6 Å². The third kappa shape index (κ3) is 8.00. The van der Waals surface area contributed by atoms with Gasteiger partial charge in [0.05, 0.1) is 18.0 Å². The summed E-state index contributed by atoms with van der Waals surface area (Å²) in [4.78, 5) is 17.8. The van der Waals surface area contributed by atoms with Crippen molar-refractivity contribution in [1.29, 1.82) is 0 Å². The van der Waals surface area contributed by atoms with Gasteiger partial charge in [-0.05, 0) is 59.7 Å². The molecule has 0 spiro atoms. The van der Waals surface area contributed by atoms with Crippen LogP contribution in [0.2, 0.25) is 0 Å². The summed E-state index contributed by atoms with van der Waals surface area (Å²) < 4.78 is 0. The molecule has 3 atom stereocenters. The second kappa shape index (κ2) is 15.8. The zero-order valence-electron chi connectivity index (χ0n) is 24.3. The molecule has 0 bridgehead atoms. The predicted molar refractivity (Wildman–Crippen MR) is 166 cm³/mol. The molecule has 2 heterocycles. The molecule has 1 aliphatic heterocycles. The lowest BCUT2D eigenvalue weighted by molar-refractivity contribution is -0.121. The van der Waals surface area contributed by atoms with E-state index in [4.69, 9.17) is 0 Å². The first-order valence-electron chi connectivity index (χ1n) is 14.7. The van der Waals surface area contributed by atoms with Crippen LogP contribution in [0.5, 0.6) is 0 Å². The maximum Gasteiger partial charge on any atom is 0.224 e. The number of pyridine rings is 1. The molecule has 39 heavy (non-hydrogen) atoms. The van der Waals surface area contributed by atoms with Gasteiger partial charge in [-0.3, -0.25) is 9.78 Å². The van der Waals surface area contributed by atoms with Gasteiger partial charge in [-0.25, -0.2) is 0 Å². The van der Waals surface area contributed by atoms with Crippen LogP contribution in [0.3, 0.4) is 0 Å². The smallest absolute Gasteiger partial charge is 0.224 e. The molecule has 2 N–H and O–H groups in total. The lowest BCUT2D eigenvalue weighted by Gasteiger charge is -2.36. The van der Waals surface area contributed by atoms with Crippen LogP contribution in [0.1, 0.15) is 71.0 Å². The molecule has 5 rings (SSSR count). The molecule has 0 radical (unpaired) electrons. The van der Waals surface area contributed by atoms with Crippen molar-refractivity contribution >= 4 is 16.8 Å². The fraction of sp³-hybridized carbons (Fsp3) is 0.371. The van der Waals surface area contributed by atoms with E-state index in [9.17, 15) is 4.79 Å². The standard InChI is InChI=1S/C31H33N3O.2C2H6/c1-2-22-14-17-29(33-21-22)31(27-18-19-32-28-11-7-6-10-26(27)28)34-30(35)20-23-12-15-25(16-13-23)24-8-4-3-5-9-24;2*1-2/h3-13,15-16,18-19,22,29,31,33H,2,14,17,20-21H2,1H3,(H,34,35);2*1-2H3. The van der Waals surface area contributed by atoms with Gasteiger partial charge in [0.25, 0.3) is 0 Å². The van der Waals surface area contributed by atoms with Crippen LogP contribution in [0.4, 0.5) is 0 Å². The summed E-state index contributed by atoms with van der Waals surface area (Å²) in [6.45, 7) is 11.3. The van der Waals surface area contributed by atoms with Crippen molar-refractivity contribution in [2.75, 3.05) is 6.54 Å². The first kappa shape index (κ1) is 30.0. The monoisotopic (exact) mass is 523 g/mol. The van der Waals surface area contributed by atoms with Gasteiger partial charge in [-0.15, -0.1) is 0 Å². The summed E-state index contributed by atoms with van der Waals surface area (Å²) in [5.74, 6) is 0.752. The van der Waals surface area contributed by atoms with Crippen molar-refractivity contribution in [3.05, 3.63) is 102 Å². The van der Waals surface area contributed by atoms with Crippen molar-refractivity contribution in [3.63, 3.8) is 0 Å².